The number of aliphatic hydroxyl groups excluding tert-OH is 1. The Kier molecular flexibility index (Phi) is 3.09. The summed E-state index contributed by atoms with van der Waals surface area (Å²) in [5, 5.41) is 21.6. The standard InChI is InChI=1S/C19H32O2/c1-17-8-3-9-19(17,21)16-5-4-13-12-14(20)6-11-18(13,2)15(16)7-10-17/h13-16,20-21H,3-12H2,1-2H3/t13?,14-,15-,16+,17-,18-,19-/m0/s1. The summed E-state index contributed by atoms with van der Waals surface area (Å²) < 4.78 is 0. The second kappa shape index (κ2) is 4.47. The Bertz CT molecular complexity index is 435. The summed E-state index contributed by atoms with van der Waals surface area (Å²) in [7, 11) is 0. The van der Waals surface area contributed by atoms with Gasteiger partial charge in [0.15, 0.2) is 0 Å². The molecule has 4 fully saturated rings. The topological polar surface area (TPSA) is 40.5 Å². The fraction of sp³-hybridized carbons (Fsp3) is 1.00. The molecule has 7 atom stereocenters. The van der Waals surface area contributed by atoms with E-state index in [0.717, 1.165) is 19.3 Å². The van der Waals surface area contributed by atoms with Gasteiger partial charge in [0.25, 0.3) is 0 Å². The van der Waals surface area contributed by atoms with Crippen LogP contribution in [0.15, 0.2) is 0 Å². The fourth-order valence-corrected chi connectivity index (χ4v) is 7.19. The maximum Gasteiger partial charge on any atom is 0.0731 e. The molecule has 0 heterocycles. The van der Waals surface area contributed by atoms with Gasteiger partial charge >= 0.3 is 0 Å². The molecule has 2 N–H and O–H groups in total. The first-order chi connectivity index (χ1) is 9.89. The molecule has 0 radical (unpaired) electrons. The van der Waals surface area contributed by atoms with Crippen molar-refractivity contribution in [3.8, 4) is 0 Å². The molecule has 4 aliphatic carbocycles. The normalized spacial score (nSPS) is 60.0. The monoisotopic (exact) mass is 292 g/mol. The maximum atomic E-state index is 11.6. The van der Waals surface area contributed by atoms with Crippen molar-refractivity contribution in [3.63, 3.8) is 0 Å². The van der Waals surface area contributed by atoms with Crippen LogP contribution in [0.4, 0.5) is 0 Å². The van der Waals surface area contributed by atoms with E-state index in [4.69, 9.17) is 0 Å². The van der Waals surface area contributed by atoms with E-state index in [2.05, 4.69) is 13.8 Å². The number of rotatable bonds is 0. The van der Waals surface area contributed by atoms with Crippen LogP contribution < -0.4 is 0 Å². The average Bonchev–Trinajstić information content (AvgIpc) is 2.75. The van der Waals surface area contributed by atoms with Crippen molar-refractivity contribution in [1.82, 2.24) is 0 Å². The Morgan fingerprint density at radius 1 is 0.857 bits per heavy atom. The van der Waals surface area contributed by atoms with Crippen LogP contribution in [0.5, 0.6) is 0 Å². The van der Waals surface area contributed by atoms with Gasteiger partial charge in [0.05, 0.1) is 11.7 Å². The quantitative estimate of drug-likeness (QED) is 0.711. The molecule has 0 aliphatic heterocycles. The van der Waals surface area contributed by atoms with E-state index < -0.39 is 0 Å². The lowest BCUT2D eigenvalue weighted by Gasteiger charge is -2.63. The Balaban J connectivity index is 1.67. The van der Waals surface area contributed by atoms with Gasteiger partial charge in [-0.25, -0.2) is 0 Å². The number of hydrogen-bond acceptors (Lipinski definition) is 2. The molecule has 1 unspecified atom stereocenters. The van der Waals surface area contributed by atoms with Crippen LogP contribution in [-0.2, 0) is 0 Å². The van der Waals surface area contributed by atoms with Gasteiger partial charge in [0.1, 0.15) is 0 Å². The summed E-state index contributed by atoms with van der Waals surface area (Å²) in [4.78, 5) is 0. The van der Waals surface area contributed by atoms with Gasteiger partial charge in [-0.1, -0.05) is 13.8 Å². The number of fused-ring (bicyclic) bond motifs is 5. The van der Waals surface area contributed by atoms with Crippen LogP contribution in [-0.4, -0.2) is 21.9 Å². The van der Waals surface area contributed by atoms with E-state index in [0.29, 0.717) is 23.2 Å². The lowest BCUT2D eigenvalue weighted by molar-refractivity contribution is -0.202. The van der Waals surface area contributed by atoms with Crippen molar-refractivity contribution in [2.24, 2.45) is 28.6 Å². The molecule has 4 rings (SSSR count). The summed E-state index contributed by atoms with van der Waals surface area (Å²) in [6.07, 6.45) is 11.5. The second-order valence-electron chi connectivity index (χ2n) is 9.30. The van der Waals surface area contributed by atoms with Gasteiger partial charge in [0, 0.05) is 0 Å². The fourth-order valence-electron chi connectivity index (χ4n) is 7.19. The van der Waals surface area contributed by atoms with E-state index >= 15 is 0 Å². The van der Waals surface area contributed by atoms with E-state index in [1.165, 1.54) is 44.9 Å². The highest BCUT2D eigenvalue weighted by Crippen LogP contribution is 2.67. The van der Waals surface area contributed by atoms with Crippen LogP contribution in [0.3, 0.4) is 0 Å². The smallest absolute Gasteiger partial charge is 0.0731 e. The molecule has 0 aromatic carbocycles. The zero-order valence-electron chi connectivity index (χ0n) is 13.8. The molecule has 4 saturated carbocycles. The molecule has 21 heavy (non-hydrogen) atoms. The minimum Gasteiger partial charge on any atom is -0.393 e. The van der Waals surface area contributed by atoms with Crippen LogP contribution in [0.1, 0.15) is 78.1 Å². The lowest BCUT2D eigenvalue weighted by Crippen LogP contribution is -2.61. The summed E-state index contributed by atoms with van der Waals surface area (Å²) in [6.45, 7) is 4.84. The molecule has 2 nitrogen and oxygen atoms in total. The van der Waals surface area contributed by atoms with Crippen LogP contribution in [0.2, 0.25) is 0 Å². The van der Waals surface area contributed by atoms with E-state index in [9.17, 15) is 10.2 Å². The van der Waals surface area contributed by atoms with Crippen molar-refractivity contribution < 1.29 is 10.2 Å². The van der Waals surface area contributed by atoms with Gasteiger partial charge in [-0.05, 0) is 92.8 Å². The molecule has 0 spiro atoms. The summed E-state index contributed by atoms with van der Waals surface area (Å²) in [6, 6.07) is 0. The molecular formula is C19H32O2. The molecule has 0 amide bonds. The average molecular weight is 292 g/mol. The minimum absolute atomic E-state index is 0.0666. The third-order valence-corrected chi connectivity index (χ3v) is 8.62. The molecule has 4 aliphatic rings. The zero-order valence-corrected chi connectivity index (χ0v) is 13.8. The van der Waals surface area contributed by atoms with Crippen LogP contribution >= 0.6 is 0 Å². The first-order valence-electron chi connectivity index (χ1n) is 9.29. The molecule has 0 saturated heterocycles. The summed E-state index contributed by atoms with van der Waals surface area (Å²) >= 11 is 0. The molecule has 120 valence electrons. The Hall–Kier alpha value is -0.0800. The van der Waals surface area contributed by atoms with Crippen LogP contribution in [0.25, 0.3) is 0 Å². The highest BCUT2D eigenvalue weighted by Gasteiger charge is 2.64. The molecule has 0 aromatic rings. The minimum atomic E-state index is -0.389. The summed E-state index contributed by atoms with van der Waals surface area (Å²) in [5.74, 6) is 1.91. The van der Waals surface area contributed by atoms with Crippen molar-refractivity contribution in [2.45, 2.75) is 89.8 Å². The SMILES string of the molecule is C[C@@]12CCC[C@]1(O)[C@@H]1CCC3C[C@@H](O)CC[C@]3(C)[C@H]1CC2. The highest BCUT2D eigenvalue weighted by molar-refractivity contribution is 5.14. The first-order valence-corrected chi connectivity index (χ1v) is 9.29. The van der Waals surface area contributed by atoms with Gasteiger partial charge in [-0.15, -0.1) is 0 Å². The third-order valence-electron chi connectivity index (χ3n) is 8.62. The van der Waals surface area contributed by atoms with Crippen molar-refractivity contribution in [2.75, 3.05) is 0 Å². The van der Waals surface area contributed by atoms with E-state index in [1.807, 2.05) is 0 Å². The summed E-state index contributed by atoms with van der Waals surface area (Å²) in [5.41, 5.74) is 0.174. The predicted octanol–water partition coefficient (Wildman–Crippen LogP) is 3.90. The number of hydrogen-bond donors (Lipinski definition) is 2. The van der Waals surface area contributed by atoms with Crippen molar-refractivity contribution in [1.29, 1.82) is 0 Å². The Labute approximate surface area is 129 Å². The first kappa shape index (κ1) is 14.5. The maximum absolute atomic E-state index is 11.6. The highest BCUT2D eigenvalue weighted by atomic mass is 16.3. The molecule has 0 bridgehead atoms. The molecule has 2 heteroatoms. The predicted molar refractivity (Wildman–Crippen MR) is 83.8 cm³/mol. The number of aliphatic hydroxyl groups is 2. The van der Waals surface area contributed by atoms with Gasteiger partial charge in [-0.3, -0.25) is 0 Å². The Morgan fingerprint density at radius 2 is 1.67 bits per heavy atom. The van der Waals surface area contributed by atoms with Crippen LogP contribution in [0, 0.1) is 28.6 Å². The third kappa shape index (κ3) is 1.78. The zero-order chi connectivity index (χ0) is 14.9. The molecular weight excluding hydrogens is 260 g/mol. The van der Waals surface area contributed by atoms with Crippen molar-refractivity contribution in [3.05, 3.63) is 0 Å². The largest absolute Gasteiger partial charge is 0.393 e. The molecule has 0 aromatic heterocycles. The lowest BCUT2D eigenvalue weighted by atomic mass is 9.44. The van der Waals surface area contributed by atoms with Gasteiger partial charge in [-0.2, -0.15) is 0 Å². The Morgan fingerprint density at radius 3 is 2.48 bits per heavy atom. The van der Waals surface area contributed by atoms with Crippen molar-refractivity contribution >= 4 is 0 Å². The van der Waals surface area contributed by atoms with E-state index in [-0.39, 0.29) is 17.1 Å². The van der Waals surface area contributed by atoms with E-state index in [1.54, 1.807) is 0 Å². The second-order valence-corrected chi connectivity index (χ2v) is 9.30. The van der Waals surface area contributed by atoms with Gasteiger partial charge in [0.2, 0.25) is 0 Å². The van der Waals surface area contributed by atoms with Gasteiger partial charge < -0.3 is 10.2 Å².